The van der Waals surface area contributed by atoms with Crippen LogP contribution in [0.15, 0.2) is 75.3 Å². The lowest BCUT2D eigenvalue weighted by atomic mass is 9.99. The summed E-state index contributed by atoms with van der Waals surface area (Å²) in [4.78, 5) is 8.90. The second-order valence-electron chi connectivity index (χ2n) is 8.74. The van der Waals surface area contributed by atoms with Gasteiger partial charge in [0.2, 0.25) is 5.96 Å². The molecule has 0 spiro atoms. The number of halogens is 1. The number of aromatic amines is 1. The number of H-pyrrole nitrogens is 1. The number of benzene rings is 2. The van der Waals surface area contributed by atoms with Crippen molar-refractivity contribution in [1.82, 2.24) is 20.9 Å². The van der Waals surface area contributed by atoms with Crippen molar-refractivity contribution in [1.29, 1.82) is 0 Å². The van der Waals surface area contributed by atoms with Crippen LogP contribution in [0.4, 0.5) is 5.69 Å². The molecule has 3 heterocycles. The predicted octanol–water partition coefficient (Wildman–Crippen LogP) is 3.64. The van der Waals surface area contributed by atoms with Crippen LogP contribution in [0.1, 0.15) is 24.5 Å². The Kier molecular flexibility index (Phi) is 6.90. The smallest absolute Gasteiger partial charge is 0.202 e. The van der Waals surface area contributed by atoms with E-state index < -0.39 is 16.6 Å². The number of aliphatic imine (C=N–C) groups is 1. The first kappa shape index (κ1) is 24.0. The minimum atomic E-state index is -1.48. The minimum absolute atomic E-state index is 0.580. The molecule has 2 unspecified atom stereocenters. The van der Waals surface area contributed by atoms with Crippen molar-refractivity contribution in [2.45, 2.75) is 30.4 Å². The molecule has 2 aliphatic rings. The van der Waals surface area contributed by atoms with Crippen LogP contribution in [0, 0.1) is 0 Å². The zero-order valence-corrected chi connectivity index (χ0v) is 21.7. The van der Waals surface area contributed by atoms with E-state index in [1.807, 2.05) is 31.3 Å². The lowest BCUT2D eigenvalue weighted by Crippen LogP contribution is -2.47. The molecule has 5 rings (SSSR count). The fourth-order valence-electron chi connectivity index (χ4n) is 4.25. The summed E-state index contributed by atoms with van der Waals surface area (Å²) in [5.41, 5.74) is 5.07. The summed E-state index contributed by atoms with van der Waals surface area (Å²) in [5, 5.41) is 20.2. The molecular weight excluding hydrogens is 526 g/mol. The Labute approximate surface area is 215 Å². The first-order valence-corrected chi connectivity index (χ1v) is 13.4. The highest BCUT2D eigenvalue weighted by atomic mass is 79.9. The molecule has 0 bridgehead atoms. The van der Waals surface area contributed by atoms with E-state index >= 15 is 0 Å². The fourth-order valence-corrected chi connectivity index (χ4v) is 5.00. The highest BCUT2D eigenvalue weighted by Crippen LogP contribution is 2.31. The molecule has 3 aromatic rings. The van der Waals surface area contributed by atoms with Crippen molar-refractivity contribution in [3.63, 3.8) is 0 Å². The van der Waals surface area contributed by atoms with E-state index in [0.717, 1.165) is 40.8 Å². The third-order valence-electron chi connectivity index (χ3n) is 6.28. The van der Waals surface area contributed by atoms with Gasteiger partial charge >= 0.3 is 0 Å². The van der Waals surface area contributed by atoms with Crippen molar-refractivity contribution in [3.05, 3.63) is 76.5 Å². The van der Waals surface area contributed by atoms with E-state index in [9.17, 15) is 4.21 Å². The molecule has 0 saturated carbocycles. The fraction of sp³-hybridized carbons (Fsp3) is 0.240. The van der Waals surface area contributed by atoms with E-state index in [1.54, 1.807) is 12.1 Å². The second kappa shape index (κ2) is 10.1. The maximum absolute atomic E-state index is 11.4. The quantitative estimate of drug-likeness (QED) is 0.278. The largest absolute Gasteiger partial charge is 0.361 e. The van der Waals surface area contributed by atoms with Crippen LogP contribution < -0.4 is 26.4 Å². The van der Waals surface area contributed by atoms with E-state index in [1.165, 1.54) is 16.5 Å². The van der Waals surface area contributed by atoms with Gasteiger partial charge in [0.05, 0.1) is 9.38 Å². The Balaban J connectivity index is 1.33. The molecule has 0 radical (unpaired) electrons. The van der Waals surface area contributed by atoms with Gasteiger partial charge in [0.15, 0.2) is 0 Å². The van der Waals surface area contributed by atoms with Crippen LogP contribution in [0.5, 0.6) is 0 Å². The Morgan fingerprint density at radius 2 is 2.06 bits per heavy atom. The summed E-state index contributed by atoms with van der Waals surface area (Å²) in [7, 11) is -1.48. The summed E-state index contributed by atoms with van der Waals surface area (Å²) in [6, 6.07) is 13.7. The standard InChI is InChI=1S/C25H28BrN7OS/c1-25(31-13-16-2-5-19(6-3-16)35(27)34)23(26)15-30-24(33-25)32-18-4-7-22-20(12-18)21(14-29-22)17-8-10-28-11-9-17/h2-8,12,14-15,28-29,31H,9-11,13,27H2,1H3,(H2,30,32,33). The van der Waals surface area contributed by atoms with Crippen molar-refractivity contribution >= 4 is 55.0 Å². The topological polar surface area (TPSA) is 119 Å². The van der Waals surface area contributed by atoms with E-state index in [0.29, 0.717) is 17.4 Å². The summed E-state index contributed by atoms with van der Waals surface area (Å²) >= 11 is 3.64. The molecule has 10 heteroatoms. The highest BCUT2D eigenvalue weighted by molar-refractivity contribution is 9.11. The first-order valence-electron chi connectivity index (χ1n) is 11.4. The van der Waals surface area contributed by atoms with Crippen LogP contribution in [-0.2, 0) is 17.5 Å². The van der Waals surface area contributed by atoms with Crippen LogP contribution in [-0.4, -0.2) is 33.9 Å². The Hall–Kier alpha value is -2.76. The zero-order chi connectivity index (χ0) is 24.4. The van der Waals surface area contributed by atoms with Crippen LogP contribution in [0.2, 0.25) is 0 Å². The first-order chi connectivity index (χ1) is 16.9. The number of fused-ring (bicyclic) bond motifs is 1. The normalized spacial score (nSPS) is 21.1. The number of guanidine groups is 1. The Morgan fingerprint density at radius 3 is 2.80 bits per heavy atom. The average molecular weight is 555 g/mol. The number of hydrogen-bond acceptors (Lipinski definition) is 6. The van der Waals surface area contributed by atoms with Gasteiger partial charge in [-0.1, -0.05) is 18.2 Å². The maximum Gasteiger partial charge on any atom is 0.202 e. The molecule has 1 aromatic heterocycles. The minimum Gasteiger partial charge on any atom is -0.361 e. The van der Waals surface area contributed by atoms with Gasteiger partial charge in [-0.2, -0.15) is 0 Å². The number of nitrogens with one attached hydrogen (secondary N) is 5. The van der Waals surface area contributed by atoms with Gasteiger partial charge in [0, 0.05) is 47.6 Å². The van der Waals surface area contributed by atoms with E-state index in [-0.39, 0.29) is 0 Å². The number of aromatic nitrogens is 1. The zero-order valence-electron chi connectivity index (χ0n) is 19.3. The molecule has 2 aliphatic heterocycles. The van der Waals surface area contributed by atoms with Crippen molar-refractivity contribution in [2.75, 3.05) is 18.4 Å². The van der Waals surface area contributed by atoms with Gasteiger partial charge in [-0.05, 0) is 77.3 Å². The summed E-state index contributed by atoms with van der Waals surface area (Å²) in [5.74, 6) is 0.648. The third kappa shape index (κ3) is 5.26. The molecule has 35 heavy (non-hydrogen) atoms. The number of nitrogens with zero attached hydrogens (tertiary/aromatic N) is 1. The number of anilines is 1. The van der Waals surface area contributed by atoms with Gasteiger partial charge < -0.3 is 20.9 Å². The van der Waals surface area contributed by atoms with Crippen LogP contribution >= 0.6 is 15.9 Å². The highest BCUT2D eigenvalue weighted by Gasteiger charge is 2.30. The summed E-state index contributed by atoms with van der Waals surface area (Å²) in [6.07, 6.45) is 7.28. The van der Waals surface area contributed by atoms with Gasteiger partial charge in [-0.15, -0.1) is 0 Å². The molecule has 0 saturated heterocycles. The molecule has 2 atom stereocenters. The Morgan fingerprint density at radius 1 is 1.23 bits per heavy atom. The van der Waals surface area contributed by atoms with E-state index in [4.69, 9.17) is 10.1 Å². The molecule has 0 aliphatic carbocycles. The molecule has 8 nitrogen and oxygen atoms in total. The van der Waals surface area contributed by atoms with E-state index in [2.05, 4.69) is 66.6 Å². The molecule has 182 valence electrons. The molecule has 7 N–H and O–H groups in total. The van der Waals surface area contributed by atoms with Gasteiger partial charge in [0.1, 0.15) is 16.6 Å². The van der Waals surface area contributed by atoms with Gasteiger partial charge in [-0.3, -0.25) is 5.32 Å². The predicted molar refractivity (Wildman–Crippen MR) is 147 cm³/mol. The van der Waals surface area contributed by atoms with Crippen LogP contribution in [0.25, 0.3) is 16.5 Å². The maximum atomic E-state index is 11.4. The summed E-state index contributed by atoms with van der Waals surface area (Å²) in [6.45, 7) is 4.50. The molecule has 0 fully saturated rings. The van der Waals surface area contributed by atoms with Crippen molar-refractivity contribution < 1.29 is 4.21 Å². The third-order valence-corrected chi connectivity index (χ3v) is 8.02. The van der Waals surface area contributed by atoms with Crippen molar-refractivity contribution in [3.8, 4) is 0 Å². The average Bonchev–Trinajstić information content (AvgIpc) is 3.29. The molecule has 2 aromatic carbocycles. The van der Waals surface area contributed by atoms with Gasteiger partial charge in [-0.25, -0.2) is 14.3 Å². The molecular formula is C25H28BrN7OS. The molecule has 0 amide bonds. The number of hydrogen-bond donors (Lipinski definition) is 6. The summed E-state index contributed by atoms with van der Waals surface area (Å²) < 4.78 is 12.3. The lowest BCUT2D eigenvalue weighted by Gasteiger charge is -2.31. The van der Waals surface area contributed by atoms with Crippen molar-refractivity contribution in [2.24, 2.45) is 10.1 Å². The number of nitrogens with two attached hydrogens (primary N) is 1. The number of rotatable bonds is 6. The Bertz CT molecular complexity index is 1360. The second-order valence-corrected chi connectivity index (χ2v) is 10.7. The lowest BCUT2D eigenvalue weighted by molar-refractivity contribution is 0.441. The van der Waals surface area contributed by atoms with Gasteiger partial charge in [0.25, 0.3) is 0 Å². The monoisotopic (exact) mass is 553 g/mol. The van der Waals surface area contributed by atoms with Crippen LogP contribution in [0.3, 0.4) is 0 Å². The SMILES string of the molecule is CC1(NCc2ccc(S(N)=O)cc2)N=C(Nc2ccc3[nH]cc(C4=CCNCC4)c3c2)NC=C1Br.